The molecule has 0 radical (unpaired) electrons. The lowest BCUT2D eigenvalue weighted by Crippen LogP contribution is -2.22. The van der Waals surface area contributed by atoms with E-state index < -0.39 is 29.0 Å². The van der Waals surface area contributed by atoms with Crippen LogP contribution in [-0.2, 0) is 9.47 Å². The maximum atomic E-state index is 14.9. The number of hydrogen-bond acceptors (Lipinski definition) is 3. The van der Waals surface area contributed by atoms with Crippen molar-refractivity contribution >= 4 is 0 Å². The van der Waals surface area contributed by atoms with E-state index in [0.29, 0.717) is 18.4 Å². The maximum Gasteiger partial charge on any atom is 0.200 e. The third-order valence-electron chi connectivity index (χ3n) is 7.22. The molecule has 0 aliphatic heterocycles. The largest absolute Gasteiger partial charge is 0.494 e. The van der Waals surface area contributed by atoms with Gasteiger partial charge in [0.15, 0.2) is 23.2 Å². The van der Waals surface area contributed by atoms with Crippen LogP contribution >= 0.6 is 0 Å². The lowest BCUT2D eigenvalue weighted by molar-refractivity contribution is 0.0230. The van der Waals surface area contributed by atoms with Crippen LogP contribution in [-0.4, -0.2) is 26.4 Å². The number of allylic oxidation sites excluding steroid dienone is 3. The lowest BCUT2D eigenvalue weighted by atomic mass is 9.82. The first-order valence-corrected chi connectivity index (χ1v) is 13.3. The molecule has 1 aliphatic rings. The minimum absolute atomic E-state index is 0.0220. The molecule has 2 atom stereocenters. The second-order valence-electron chi connectivity index (χ2n) is 10.2. The molecule has 1 aliphatic carbocycles. The third kappa shape index (κ3) is 8.91. The zero-order valence-corrected chi connectivity index (χ0v) is 22.7. The number of benzene rings is 1. The molecular weight excluding hydrogens is 484 g/mol. The number of hydrogen-bond donors (Lipinski definition) is 0. The molecule has 1 aromatic rings. The van der Waals surface area contributed by atoms with Crippen LogP contribution in [0, 0.1) is 23.5 Å². The van der Waals surface area contributed by atoms with E-state index in [1.807, 2.05) is 6.92 Å². The fourth-order valence-corrected chi connectivity index (χ4v) is 4.50. The van der Waals surface area contributed by atoms with Crippen molar-refractivity contribution in [2.75, 3.05) is 20.3 Å². The molecule has 7 heteroatoms. The van der Waals surface area contributed by atoms with Gasteiger partial charge in [-0.3, -0.25) is 0 Å². The van der Waals surface area contributed by atoms with Crippen molar-refractivity contribution in [2.45, 2.75) is 84.2 Å². The molecule has 0 bridgehead atoms. The van der Waals surface area contributed by atoms with Gasteiger partial charge in [-0.2, -0.15) is 8.78 Å². The Labute approximate surface area is 219 Å². The number of ether oxygens (including phenoxy) is 3. The topological polar surface area (TPSA) is 27.7 Å². The highest BCUT2D eigenvalue weighted by Gasteiger charge is 2.27. The predicted octanol–water partition coefficient (Wildman–Crippen LogP) is 9.11. The van der Waals surface area contributed by atoms with Gasteiger partial charge in [0.25, 0.3) is 0 Å². The first kappa shape index (κ1) is 30.9. The summed E-state index contributed by atoms with van der Waals surface area (Å²) in [4.78, 5) is 0. The van der Waals surface area contributed by atoms with Crippen molar-refractivity contribution in [1.29, 1.82) is 0 Å². The van der Waals surface area contributed by atoms with Crippen LogP contribution in [0.15, 0.2) is 48.3 Å². The Kier molecular flexibility index (Phi) is 12.7. The first-order chi connectivity index (χ1) is 17.6. The third-order valence-corrected chi connectivity index (χ3v) is 7.22. The summed E-state index contributed by atoms with van der Waals surface area (Å²) in [5.41, 5.74) is 0.421. The normalized spacial score (nSPS) is 20.1. The summed E-state index contributed by atoms with van der Waals surface area (Å²) in [6, 6.07) is 3.13. The summed E-state index contributed by atoms with van der Waals surface area (Å²) in [7, 11) is 1.21. The molecule has 2 rings (SSSR count). The van der Waals surface area contributed by atoms with Gasteiger partial charge in [-0.25, -0.2) is 8.78 Å². The highest BCUT2D eigenvalue weighted by atomic mass is 19.2. The zero-order chi connectivity index (χ0) is 27.5. The Morgan fingerprint density at radius 1 is 1.00 bits per heavy atom. The molecule has 1 aromatic carbocycles. The molecule has 3 nitrogen and oxygen atoms in total. The molecule has 0 heterocycles. The number of unbranched alkanes of at least 4 members (excludes halogenated alkanes) is 1. The minimum atomic E-state index is -1.16. The second-order valence-corrected chi connectivity index (χ2v) is 10.2. The smallest absolute Gasteiger partial charge is 0.200 e. The standard InChI is InChI=1S/C30H42F4O3/c1-7-8-17-36-24-13-11-23(12-14-24)25-15-16-26(30(34)29(25)33)37-18-19(2)9-10-20(3)21(4)27(31)28(32)22(5)35-6/h15-16,19-20,23-24H,4-5,7-14,17-18H2,1-3,6H3/b28-27-. The number of halogens is 4. The van der Waals surface area contributed by atoms with E-state index in [2.05, 4.69) is 24.8 Å². The SMILES string of the molecule is C=C(OC)/C(F)=C(/F)C(=C)C(C)CCC(C)COc1ccc(C2CCC(OCCCC)CC2)c(F)c1F. The quantitative estimate of drug-likeness (QED) is 0.0987. The molecule has 37 heavy (non-hydrogen) atoms. The fraction of sp³-hybridized carbons (Fsp3) is 0.600. The van der Waals surface area contributed by atoms with E-state index in [1.54, 1.807) is 13.0 Å². The molecule has 2 unspecified atom stereocenters. The highest BCUT2D eigenvalue weighted by Crippen LogP contribution is 2.37. The van der Waals surface area contributed by atoms with Gasteiger partial charge >= 0.3 is 0 Å². The van der Waals surface area contributed by atoms with E-state index >= 15 is 0 Å². The lowest BCUT2D eigenvalue weighted by Gasteiger charge is -2.29. The van der Waals surface area contributed by atoms with Crippen molar-refractivity contribution < 1.29 is 31.8 Å². The Hall–Kier alpha value is -2.28. The fourth-order valence-electron chi connectivity index (χ4n) is 4.50. The van der Waals surface area contributed by atoms with Crippen molar-refractivity contribution in [3.63, 3.8) is 0 Å². The van der Waals surface area contributed by atoms with Crippen LogP contribution in [0.25, 0.3) is 0 Å². The molecule has 0 aromatic heterocycles. The minimum Gasteiger partial charge on any atom is -0.494 e. The summed E-state index contributed by atoms with van der Waals surface area (Å²) >= 11 is 0. The van der Waals surface area contributed by atoms with Gasteiger partial charge in [-0.05, 0) is 79.9 Å². The van der Waals surface area contributed by atoms with Crippen LogP contribution in [0.4, 0.5) is 17.6 Å². The molecule has 1 fully saturated rings. The monoisotopic (exact) mass is 526 g/mol. The molecule has 0 N–H and O–H groups in total. The van der Waals surface area contributed by atoms with Gasteiger partial charge in [0, 0.05) is 6.61 Å². The highest BCUT2D eigenvalue weighted by molar-refractivity contribution is 5.34. The summed E-state index contributed by atoms with van der Waals surface area (Å²) < 4.78 is 74.0. The zero-order valence-electron chi connectivity index (χ0n) is 22.7. The summed E-state index contributed by atoms with van der Waals surface area (Å²) in [5, 5.41) is 0. The van der Waals surface area contributed by atoms with Crippen molar-refractivity contribution in [3.05, 3.63) is 65.5 Å². The number of methoxy groups -OCH3 is 1. The second kappa shape index (κ2) is 15.2. The summed E-state index contributed by atoms with van der Waals surface area (Å²) in [6.45, 7) is 13.7. The predicted molar refractivity (Wildman–Crippen MR) is 140 cm³/mol. The van der Waals surface area contributed by atoms with Crippen molar-refractivity contribution in [3.8, 4) is 5.75 Å². The van der Waals surface area contributed by atoms with Crippen LogP contribution in [0.3, 0.4) is 0 Å². The van der Waals surface area contributed by atoms with Gasteiger partial charge in [0.1, 0.15) is 5.76 Å². The molecule has 1 saturated carbocycles. The van der Waals surface area contributed by atoms with Crippen LogP contribution < -0.4 is 4.74 Å². The Bertz CT molecular complexity index is 935. The average Bonchev–Trinajstić information content (AvgIpc) is 2.91. The van der Waals surface area contributed by atoms with Gasteiger partial charge in [0.05, 0.1) is 19.8 Å². The Morgan fingerprint density at radius 3 is 2.30 bits per heavy atom. The van der Waals surface area contributed by atoms with Gasteiger partial charge in [-0.15, -0.1) is 0 Å². The first-order valence-electron chi connectivity index (χ1n) is 13.3. The number of rotatable bonds is 15. The molecule has 208 valence electrons. The average molecular weight is 527 g/mol. The van der Waals surface area contributed by atoms with E-state index in [0.717, 1.165) is 45.1 Å². The van der Waals surface area contributed by atoms with Crippen molar-refractivity contribution in [1.82, 2.24) is 0 Å². The van der Waals surface area contributed by atoms with Crippen LogP contribution in [0.2, 0.25) is 0 Å². The molecular formula is C30H42F4O3. The summed E-state index contributed by atoms with van der Waals surface area (Å²) in [5.74, 6) is -4.93. The van der Waals surface area contributed by atoms with Crippen molar-refractivity contribution in [2.24, 2.45) is 11.8 Å². The molecule has 0 amide bonds. The summed E-state index contributed by atoms with van der Waals surface area (Å²) in [6.07, 6.45) is 6.70. The van der Waals surface area contributed by atoms with E-state index in [9.17, 15) is 17.6 Å². The van der Waals surface area contributed by atoms with E-state index in [4.69, 9.17) is 9.47 Å². The van der Waals surface area contributed by atoms with Crippen LogP contribution in [0.1, 0.15) is 83.6 Å². The Balaban J connectivity index is 1.86. The molecule has 0 saturated heterocycles. The van der Waals surface area contributed by atoms with E-state index in [-0.39, 0.29) is 41.8 Å². The van der Waals surface area contributed by atoms with E-state index in [1.165, 1.54) is 13.2 Å². The van der Waals surface area contributed by atoms with Gasteiger partial charge < -0.3 is 14.2 Å². The van der Waals surface area contributed by atoms with Gasteiger partial charge in [-0.1, -0.05) is 46.4 Å². The van der Waals surface area contributed by atoms with Crippen LogP contribution in [0.5, 0.6) is 5.75 Å². The Morgan fingerprint density at radius 2 is 1.68 bits per heavy atom. The molecule has 0 spiro atoms. The maximum absolute atomic E-state index is 14.9. The van der Waals surface area contributed by atoms with Gasteiger partial charge in [0.2, 0.25) is 5.82 Å².